The van der Waals surface area contributed by atoms with Crippen molar-refractivity contribution in [3.05, 3.63) is 46.4 Å². The van der Waals surface area contributed by atoms with Crippen LogP contribution < -0.4 is 9.64 Å². The summed E-state index contributed by atoms with van der Waals surface area (Å²) in [5.74, 6) is 0.0596. The number of thiazole rings is 1. The first-order valence-corrected chi connectivity index (χ1v) is 12.6. The van der Waals surface area contributed by atoms with E-state index in [1.165, 1.54) is 22.3 Å². The number of halogens is 3. The molecule has 0 spiro atoms. The molecule has 1 aromatic heterocycles. The Morgan fingerprint density at radius 3 is 2.47 bits per heavy atom. The minimum Gasteiger partial charge on any atom is -0.482 e. The molecule has 0 saturated heterocycles. The molecule has 3 aromatic rings. The minimum atomic E-state index is -3.34. The van der Waals surface area contributed by atoms with E-state index in [9.17, 15) is 13.2 Å². The van der Waals surface area contributed by atoms with Crippen LogP contribution in [0.15, 0.2) is 41.3 Å². The number of hydrogen-bond donors (Lipinski definition) is 0. The van der Waals surface area contributed by atoms with Gasteiger partial charge >= 0.3 is 0 Å². The lowest BCUT2D eigenvalue weighted by Gasteiger charge is -2.22. The van der Waals surface area contributed by atoms with E-state index >= 15 is 0 Å². The smallest absolute Gasteiger partial charge is 0.266 e. The van der Waals surface area contributed by atoms with E-state index in [-0.39, 0.29) is 29.8 Å². The SMILES string of the molecule is CN(C)CCN(C(=O)COc1ccc(Cl)cc1Cl)c1nc2ccc(S(C)(=O)=O)cc2s1.Cl. The standard InChI is InChI=1S/C20H21Cl2N3O4S2.ClH/c1-24(2)8-9-25(19(26)12-29-17-7-4-13(21)10-15(17)22)20-23-16-6-5-14(31(3,27)28)11-18(16)30-20;/h4-7,10-11H,8-9,12H2,1-3H3;1H. The van der Waals surface area contributed by atoms with Crippen LogP contribution in [0.3, 0.4) is 0 Å². The average molecular weight is 539 g/mol. The van der Waals surface area contributed by atoms with Gasteiger partial charge in [-0.05, 0) is 50.5 Å². The molecule has 1 amide bonds. The van der Waals surface area contributed by atoms with Crippen molar-refractivity contribution in [2.75, 3.05) is 44.9 Å². The molecule has 0 bridgehead atoms. The fourth-order valence-electron chi connectivity index (χ4n) is 2.68. The molecule has 174 valence electrons. The van der Waals surface area contributed by atoms with Crippen LogP contribution in [0, 0.1) is 0 Å². The number of amides is 1. The normalized spacial score (nSPS) is 11.4. The van der Waals surface area contributed by atoms with Crippen molar-refractivity contribution >= 4 is 78.0 Å². The number of hydrogen-bond acceptors (Lipinski definition) is 7. The molecule has 0 N–H and O–H groups in total. The van der Waals surface area contributed by atoms with Gasteiger partial charge in [0.15, 0.2) is 21.6 Å². The van der Waals surface area contributed by atoms with Crippen molar-refractivity contribution in [2.45, 2.75) is 4.90 Å². The maximum Gasteiger partial charge on any atom is 0.266 e. The third-order valence-electron chi connectivity index (χ3n) is 4.32. The second kappa shape index (κ2) is 11.0. The number of benzene rings is 2. The van der Waals surface area contributed by atoms with E-state index in [1.807, 2.05) is 19.0 Å². The summed E-state index contributed by atoms with van der Waals surface area (Å²) in [6, 6.07) is 9.50. The second-order valence-electron chi connectivity index (χ2n) is 7.11. The molecule has 0 aliphatic heterocycles. The van der Waals surface area contributed by atoms with Gasteiger partial charge in [0.2, 0.25) is 0 Å². The highest BCUT2D eigenvalue weighted by molar-refractivity contribution is 7.90. The second-order valence-corrected chi connectivity index (χ2v) is 11.0. The first-order chi connectivity index (χ1) is 14.5. The molecule has 0 atom stereocenters. The molecule has 0 aliphatic carbocycles. The Morgan fingerprint density at radius 1 is 1.12 bits per heavy atom. The lowest BCUT2D eigenvalue weighted by Crippen LogP contribution is -2.39. The fourth-order valence-corrected chi connectivity index (χ4v) is 4.91. The van der Waals surface area contributed by atoms with E-state index < -0.39 is 9.84 Å². The summed E-state index contributed by atoms with van der Waals surface area (Å²) in [5, 5.41) is 1.26. The molecule has 0 aliphatic rings. The van der Waals surface area contributed by atoms with E-state index in [2.05, 4.69) is 4.98 Å². The fraction of sp³-hybridized carbons (Fsp3) is 0.300. The van der Waals surface area contributed by atoms with Crippen LogP contribution in [0.2, 0.25) is 10.0 Å². The van der Waals surface area contributed by atoms with Crippen molar-refractivity contribution in [3.8, 4) is 5.75 Å². The molecular formula is C20H22Cl3N3O4S2. The Bertz CT molecular complexity index is 1220. The highest BCUT2D eigenvalue weighted by Crippen LogP contribution is 2.31. The Kier molecular flexibility index (Phi) is 9.15. The molecule has 0 fully saturated rings. The van der Waals surface area contributed by atoms with Gasteiger partial charge in [-0.15, -0.1) is 12.4 Å². The number of aromatic nitrogens is 1. The number of likely N-dealkylation sites (N-methyl/N-ethyl adjacent to an activating group) is 1. The van der Waals surface area contributed by atoms with Crippen LogP contribution in [0.1, 0.15) is 0 Å². The lowest BCUT2D eigenvalue weighted by atomic mass is 10.3. The first-order valence-electron chi connectivity index (χ1n) is 9.18. The number of fused-ring (bicyclic) bond motifs is 1. The molecule has 3 rings (SSSR count). The highest BCUT2D eigenvalue weighted by atomic mass is 35.5. The first kappa shape index (κ1) is 26.6. The molecule has 2 aromatic carbocycles. The maximum absolute atomic E-state index is 13.0. The Labute approximate surface area is 207 Å². The Morgan fingerprint density at radius 2 is 1.84 bits per heavy atom. The Hall–Kier alpha value is -1.62. The molecule has 0 radical (unpaired) electrons. The van der Waals surface area contributed by atoms with Crippen LogP contribution in [0.4, 0.5) is 5.13 Å². The maximum atomic E-state index is 13.0. The summed E-state index contributed by atoms with van der Waals surface area (Å²) in [6.07, 6.45) is 1.16. The van der Waals surface area contributed by atoms with Gasteiger partial charge in [0.1, 0.15) is 5.75 Å². The van der Waals surface area contributed by atoms with Crippen LogP contribution >= 0.6 is 46.9 Å². The highest BCUT2D eigenvalue weighted by Gasteiger charge is 2.21. The van der Waals surface area contributed by atoms with Crippen molar-refractivity contribution in [1.29, 1.82) is 0 Å². The van der Waals surface area contributed by atoms with Crippen LogP contribution in [-0.4, -0.2) is 64.3 Å². The van der Waals surface area contributed by atoms with Crippen molar-refractivity contribution in [3.63, 3.8) is 0 Å². The van der Waals surface area contributed by atoms with Gasteiger partial charge in [-0.2, -0.15) is 0 Å². The van der Waals surface area contributed by atoms with Gasteiger partial charge in [-0.3, -0.25) is 9.69 Å². The van der Waals surface area contributed by atoms with E-state index in [4.69, 9.17) is 27.9 Å². The predicted molar refractivity (Wildman–Crippen MR) is 133 cm³/mol. The number of nitrogens with zero attached hydrogens (tertiary/aromatic N) is 3. The third kappa shape index (κ3) is 6.69. The van der Waals surface area contributed by atoms with Crippen molar-refractivity contribution in [2.24, 2.45) is 0 Å². The molecule has 12 heteroatoms. The summed E-state index contributed by atoms with van der Waals surface area (Å²) in [6.45, 7) is 0.763. The summed E-state index contributed by atoms with van der Waals surface area (Å²) in [7, 11) is 0.473. The summed E-state index contributed by atoms with van der Waals surface area (Å²) in [5.41, 5.74) is 0.622. The van der Waals surface area contributed by atoms with Gasteiger partial charge in [-0.1, -0.05) is 34.5 Å². The number of anilines is 1. The van der Waals surface area contributed by atoms with E-state index in [1.54, 1.807) is 30.3 Å². The molecule has 7 nitrogen and oxygen atoms in total. The molecule has 0 saturated carbocycles. The third-order valence-corrected chi connectivity index (χ3v) is 7.01. The molecular weight excluding hydrogens is 517 g/mol. The largest absolute Gasteiger partial charge is 0.482 e. The van der Waals surface area contributed by atoms with Crippen molar-refractivity contribution in [1.82, 2.24) is 9.88 Å². The number of sulfone groups is 1. The number of carbonyl (C=O) groups excluding carboxylic acids is 1. The van der Waals surface area contributed by atoms with Crippen LogP contribution in [0.5, 0.6) is 5.75 Å². The number of ether oxygens (including phenoxy) is 1. The number of rotatable bonds is 8. The zero-order valence-corrected chi connectivity index (χ0v) is 21.5. The monoisotopic (exact) mass is 537 g/mol. The predicted octanol–water partition coefficient (Wildman–Crippen LogP) is 4.40. The molecule has 1 heterocycles. The molecule has 32 heavy (non-hydrogen) atoms. The molecule has 0 unspecified atom stereocenters. The minimum absolute atomic E-state index is 0. The summed E-state index contributed by atoms with van der Waals surface area (Å²) < 4.78 is 30.0. The Balaban J connectivity index is 0.00000363. The van der Waals surface area contributed by atoms with Gasteiger partial charge in [-0.25, -0.2) is 13.4 Å². The quantitative estimate of drug-likeness (QED) is 0.423. The van der Waals surface area contributed by atoms with Crippen LogP contribution in [-0.2, 0) is 14.6 Å². The van der Waals surface area contributed by atoms with Gasteiger partial charge in [0.25, 0.3) is 5.91 Å². The van der Waals surface area contributed by atoms with E-state index in [0.717, 1.165) is 6.26 Å². The zero-order valence-electron chi connectivity index (χ0n) is 17.5. The topological polar surface area (TPSA) is 79.8 Å². The zero-order chi connectivity index (χ0) is 22.8. The van der Waals surface area contributed by atoms with Gasteiger partial charge in [0.05, 0.1) is 20.1 Å². The van der Waals surface area contributed by atoms with Crippen molar-refractivity contribution < 1.29 is 17.9 Å². The van der Waals surface area contributed by atoms with Gasteiger partial charge < -0.3 is 9.64 Å². The summed E-state index contributed by atoms with van der Waals surface area (Å²) >= 11 is 13.3. The average Bonchev–Trinajstić information content (AvgIpc) is 3.09. The summed E-state index contributed by atoms with van der Waals surface area (Å²) in [4.78, 5) is 21.2. The lowest BCUT2D eigenvalue weighted by molar-refractivity contribution is -0.120. The number of carbonyl (C=O) groups is 1. The van der Waals surface area contributed by atoms with Crippen LogP contribution in [0.25, 0.3) is 10.2 Å². The van der Waals surface area contributed by atoms with E-state index in [0.29, 0.717) is 44.2 Å². The van der Waals surface area contributed by atoms with Gasteiger partial charge in [0, 0.05) is 24.4 Å².